The zero-order chi connectivity index (χ0) is 13.0. The van der Waals surface area contributed by atoms with Crippen LogP contribution >= 0.6 is 11.8 Å². The highest BCUT2D eigenvalue weighted by Crippen LogP contribution is 2.18. The van der Waals surface area contributed by atoms with Gasteiger partial charge in [-0.15, -0.1) is 0 Å². The maximum Gasteiger partial charge on any atom is 0.231 e. The molecule has 0 saturated carbocycles. The molecule has 0 aliphatic rings. The molecule has 0 spiro atoms. The average Bonchev–Trinajstić information content (AvgIpc) is 1.99. The number of rotatable bonds is 1. The van der Waals surface area contributed by atoms with Gasteiger partial charge in [-0.05, 0) is 10.8 Å². The van der Waals surface area contributed by atoms with Crippen LogP contribution in [0, 0.1) is 16.2 Å². The predicted molar refractivity (Wildman–Crippen MR) is 71.5 cm³/mol. The summed E-state index contributed by atoms with van der Waals surface area (Å²) in [6.45, 7) is 11.7. The number of carbonyl (C=O) groups excluding carboxylic acids is 1. The quantitative estimate of drug-likeness (QED) is 0.547. The second-order valence-corrected chi connectivity index (χ2v) is 6.74. The molecule has 0 aromatic carbocycles. The molecule has 0 heterocycles. The van der Waals surface area contributed by atoms with Gasteiger partial charge in [-0.25, -0.2) is 0 Å². The number of carbonyl (C=O) groups is 1. The van der Waals surface area contributed by atoms with Crippen LogP contribution in [0.15, 0.2) is 11.5 Å². The van der Waals surface area contributed by atoms with Crippen LogP contribution in [-0.2, 0) is 4.79 Å². The Morgan fingerprint density at radius 2 is 1.69 bits per heavy atom. The van der Waals surface area contributed by atoms with Gasteiger partial charge in [-0.3, -0.25) is 10.2 Å². The average molecular weight is 242 g/mol. The third-order valence-electron chi connectivity index (χ3n) is 1.66. The molecule has 0 bridgehead atoms. The molecule has 0 aromatic rings. The summed E-state index contributed by atoms with van der Waals surface area (Å²) >= 11 is 1.22. The van der Waals surface area contributed by atoms with Crippen molar-refractivity contribution in [2.24, 2.45) is 10.8 Å². The summed E-state index contributed by atoms with van der Waals surface area (Å²) in [5, 5.41) is 12.2. The van der Waals surface area contributed by atoms with Crippen LogP contribution in [-0.4, -0.2) is 11.1 Å². The standard InChI is InChI=1S/C12H22N2OS/c1-11(2,3)7-8-16-10(13)14-9(15)12(4,5)6/h7-8H,1-6H3,(H2,13,14,15)/b8-7+. The molecule has 1 amide bonds. The molecule has 0 fully saturated rings. The van der Waals surface area contributed by atoms with Crippen LogP contribution in [0.3, 0.4) is 0 Å². The van der Waals surface area contributed by atoms with Gasteiger partial charge in [0.05, 0.1) is 0 Å². The molecule has 0 rings (SSSR count). The Labute approximate surface area is 103 Å². The summed E-state index contributed by atoms with van der Waals surface area (Å²) in [4.78, 5) is 11.5. The predicted octanol–water partition coefficient (Wildman–Crippen LogP) is 3.38. The summed E-state index contributed by atoms with van der Waals surface area (Å²) in [5.41, 5.74) is -0.359. The van der Waals surface area contributed by atoms with E-state index in [-0.39, 0.29) is 16.5 Å². The molecule has 0 aromatic heterocycles. The molecule has 0 saturated heterocycles. The summed E-state index contributed by atoms with van der Waals surface area (Å²) < 4.78 is 0. The first-order valence-electron chi connectivity index (χ1n) is 5.27. The second-order valence-electron chi connectivity index (χ2n) is 5.82. The first-order valence-corrected chi connectivity index (χ1v) is 6.15. The minimum atomic E-state index is -0.458. The molecule has 0 aliphatic carbocycles. The van der Waals surface area contributed by atoms with E-state index in [2.05, 4.69) is 26.1 Å². The largest absolute Gasteiger partial charge is 0.305 e. The highest BCUT2D eigenvalue weighted by molar-refractivity contribution is 8.16. The van der Waals surface area contributed by atoms with E-state index in [1.807, 2.05) is 32.3 Å². The molecule has 2 N–H and O–H groups in total. The van der Waals surface area contributed by atoms with Gasteiger partial charge < -0.3 is 5.32 Å². The topological polar surface area (TPSA) is 53.0 Å². The Bertz CT molecular complexity index is 295. The molecule has 92 valence electrons. The molecule has 3 nitrogen and oxygen atoms in total. The summed E-state index contributed by atoms with van der Waals surface area (Å²) in [6.07, 6.45) is 2.01. The van der Waals surface area contributed by atoms with Gasteiger partial charge in [0.2, 0.25) is 5.91 Å². The maximum absolute atomic E-state index is 11.5. The summed E-state index contributed by atoms with van der Waals surface area (Å²) in [5.74, 6) is -0.130. The van der Waals surface area contributed by atoms with Crippen molar-refractivity contribution < 1.29 is 4.79 Å². The molecular formula is C12H22N2OS. The van der Waals surface area contributed by atoms with E-state index in [9.17, 15) is 4.79 Å². The Morgan fingerprint density at radius 1 is 1.19 bits per heavy atom. The Kier molecular flexibility index (Phi) is 5.26. The minimum absolute atomic E-state index is 0.0985. The van der Waals surface area contributed by atoms with Gasteiger partial charge in [0, 0.05) is 5.41 Å². The SMILES string of the molecule is CC(C)(C)/C=C/SC(=N)NC(=O)C(C)(C)C. The van der Waals surface area contributed by atoms with E-state index in [0.717, 1.165) is 0 Å². The summed E-state index contributed by atoms with van der Waals surface area (Å²) in [7, 11) is 0. The van der Waals surface area contributed by atoms with Crippen molar-refractivity contribution in [2.45, 2.75) is 41.5 Å². The third-order valence-corrected chi connectivity index (χ3v) is 2.27. The number of hydrogen-bond donors (Lipinski definition) is 2. The highest BCUT2D eigenvalue weighted by atomic mass is 32.2. The van der Waals surface area contributed by atoms with Crippen molar-refractivity contribution in [3.8, 4) is 0 Å². The third kappa shape index (κ3) is 7.51. The Hall–Kier alpha value is -0.770. The first kappa shape index (κ1) is 15.2. The van der Waals surface area contributed by atoms with Gasteiger partial charge in [0.25, 0.3) is 0 Å². The van der Waals surface area contributed by atoms with Crippen LogP contribution in [0.1, 0.15) is 41.5 Å². The Balaban J connectivity index is 4.12. The van der Waals surface area contributed by atoms with Crippen molar-refractivity contribution in [3.05, 3.63) is 11.5 Å². The lowest BCUT2D eigenvalue weighted by molar-refractivity contribution is -0.126. The zero-order valence-electron chi connectivity index (χ0n) is 11.0. The lowest BCUT2D eigenvalue weighted by Crippen LogP contribution is -2.37. The fourth-order valence-corrected chi connectivity index (χ4v) is 1.39. The maximum atomic E-state index is 11.5. The molecule has 0 aliphatic heterocycles. The monoisotopic (exact) mass is 242 g/mol. The molecular weight excluding hydrogens is 220 g/mol. The van der Waals surface area contributed by atoms with E-state index in [1.165, 1.54) is 11.8 Å². The zero-order valence-corrected chi connectivity index (χ0v) is 11.8. The number of allylic oxidation sites excluding steroid dienone is 1. The van der Waals surface area contributed by atoms with Crippen molar-refractivity contribution >= 4 is 22.8 Å². The summed E-state index contributed by atoms with van der Waals surface area (Å²) in [6, 6.07) is 0. The van der Waals surface area contributed by atoms with Crippen molar-refractivity contribution in [1.82, 2.24) is 5.32 Å². The molecule has 4 heteroatoms. The number of nitrogens with one attached hydrogen (secondary N) is 2. The van der Waals surface area contributed by atoms with Gasteiger partial charge in [0.1, 0.15) is 0 Å². The van der Waals surface area contributed by atoms with E-state index in [0.29, 0.717) is 0 Å². The lowest BCUT2D eigenvalue weighted by atomic mass is 9.96. The fourth-order valence-electron chi connectivity index (χ4n) is 0.626. The van der Waals surface area contributed by atoms with Crippen molar-refractivity contribution in [1.29, 1.82) is 5.41 Å². The smallest absolute Gasteiger partial charge is 0.231 e. The van der Waals surface area contributed by atoms with Crippen LogP contribution in [0.5, 0.6) is 0 Å². The van der Waals surface area contributed by atoms with Crippen molar-refractivity contribution in [2.75, 3.05) is 0 Å². The molecule has 0 unspecified atom stereocenters. The highest BCUT2D eigenvalue weighted by Gasteiger charge is 2.21. The lowest BCUT2D eigenvalue weighted by Gasteiger charge is -2.17. The fraction of sp³-hybridized carbons (Fsp3) is 0.667. The number of amides is 1. The van der Waals surface area contributed by atoms with E-state index >= 15 is 0 Å². The molecule has 0 atom stereocenters. The van der Waals surface area contributed by atoms with Crippen LogP contribution in [0.25, 0.3) is 0 Å². The van der Waals surface area contributed by atoms with Gasteiger partial charge in [0.15, 0.2) is 5.17 Å². The van der Waals surface area contributed by atoms with Gasteiger partial charge in [-0.2, -0.15) is 0 Å². The van der Waals surface area contributed by atoms with Crippen LogP contribution in [0.4, 0.5) is 0 Å². The number of amidine groups is 1. The number of hydrogen-bond acceptors (Lipinski definition) is 3. The Morgan fingerprint density at radius 3 is 2.06 bits per heavy atom. The van der Waals surface area contributed by atoms with Gasteiger partial charge in [-0.1, -0.05) is 59.4 Å². The van der Waals surface area contributed by atoms with E-state index in [1.54, 1.807) is 0 Å². The first-order chi connectivity index (χ1) is 7.02. The van der Waals surface area contributed by atoms with Gasteiger partial charge >= 0.3 is 0 Å². The van der Waals surface area contributed by atoms with E-state index < -0.39 is 5.41 Å². The minimum Gasteiger partial charge on any atom is -0.305 e. The van der Waals surface area contributed by atoms with E-state index in [4.69, 9.17) is 5.41 Å². The normalized spacial score (nSPS) is 12.9. The molecule has 16 heavy (non-hydrogen) atoms. The van der Waals surface area contributed by atoms with Crippen LogP contribution in [0.2, 0.25) is 0 Å². The van der Waals surface area contributed by atoms with Crippen molar-refractivity contribution in [3.63, 3.8) is 0 Å². The van der Waals surface area contributed by atoms with Crippen LogP contribution < -0.4 is 5.32 Å². The molecule has 0 radical (unpaired) electrons. The second kappa shape index (κ2) is 5.53. The number of thioether (sulfide) groups is 1.